The number of fused-ring (bicyclic) bond motifs is 1. The number of morpholine rings is 1. The Morgan fingerprint density at radius 2 is 1.93 bits per heavy atom. The molecular formula is C29H37N5O6S. The van der Waals surface area contributed by atoms with Gasteiger partial charge in [-0.2, -0.15) is 0 Å². The van der Waals surface area contributed by atoms with E-state index in [-0.39, 0.29) is 23.5 Å². The van der Waals surface area contributed by atoms with Gasteiger partial charge in [0.15, 0.2) is 11.4 Å². The molecule has 3 aliphatic rings. The fraction of sp³-hybridized carbons (Fsp3) is 0.517. The third-order valence-electron chi connectivity index (χ3n) is 8.48. The van der Waals surface area contributed by atoms with Crippen LogP contribution in [0, 0.1) is 5.41 Å². The molecule has 41 heavy (non-hydrogen) atoms. The van der Waals surface area contributed by atoms with E-state index in [2.05, 4.69) is 19.8 Å². The van der Waals surface area contributed by atoms with E-state index in [1.165, 1.54) is 18.9 Å². The number of aliphatic hydroxyl groups is 1. The van der Waals surface area contributed by atoms with Gasteiger partial charge in [0.2, 0.25) is 10.0 Å². The molecule has 1 amide bonds. The van der Waals surface area contributed by atoms with E-state index in [9.17, 15) is 18.3 Å². The molecule has 0 radical (unpaired) electrons. The summed E-state index contributed by atoms with van der Waals surface area (Å²) in [5.74, 6) is 0.660. The van der Waals surface area contributed by atoms with Gasteiger partial charge in [0.1, 0.15) is 5.82 Å². The fourth-order valence-corrected chi connectivity index (χ4v) is 7.09. The molecule has 2 aromatic heterocycles. The van der Waals surface area contributed by atoms with Crippen LogP contribution in [0.4, 0.5) is 17.3 Å². The first-order chi connectivity index (χ1) is 19.7. The minimum atomic E-state index is -3.89. The lowest BCUT2D eigenvalue weighted by Crippen LogP contribution is -2.41. The van der Waals surface area contributed by atoms with Gasteiger partial charge in [-0.3, -0.25) is 4.79 Å². The number of nitrogens with zero attached hydrogens (tertiary/aromatic N) is 3. The summed E-state index contributed by atoms with van der Waals surface area (Å²) in [5.41, 5.74) is 2.02. The third-order valence-corrected chi connectivity index (χ3v) is 10.1. The summed E-state index contributed by atoms with van der Waals surface area (Å²) in [6.07, 6.45) is 6.16. The molecule has 4 heterocycles. The predicted molar refractivity (Wildman–Crippen MR) is 156 cm³/mol. The standard InChI is InChI=1S/C29H37N5O6S/c1-19(18-35)32-41(37,38)22-3-4-23(24(16-22)33-10-8-29(6-7-29)9-11-33)28(36)31-25-15-21-5-13-40-26(21)27(30-25)34-12-14-39-20(2)17-34/h3-5,13,15-16,19-20,32,35H,6-12,14,17-18H2,1-2H3,(H,30,31,36)/t19-,20-/m1/s1. The van der Waals surface area contributed by atoms with Crippen LogP contribution < -0.4 is 19.8 Å². The van der Waals surface area contributed by atoms with Crippen molar-refractivity contribution in [3.63, 3.8) is 0 Å². The number of aromatic nitrogens is 1. The van der Waals surface area contributed by atoms with E-state index >= 15 is 0 Å². The maximum absolute atomic E-state index is 13.8. The van der Waals surface area contributed by atoms with Gasteiger partial charge in [-0.15, -0.1) is 0 Å². The zero-order valence-corrected chi connectivity index (χ0v) is 24.2. The molecule has 6 rings (SSSR count). The van der Waals surface area contributed by atoms with Gasteiger partial charge >= 0.3 is 0 Å². The van der Waals surface area contributed by atoms with Gasteiger partial charge in [0.25, 0.3) is 5.91 Å². The lowest BCUT2D eigenvalue weighted by Gasteiger charge is -2.35. The molecule has 11 nitrogen and oxygen atoms in total. The van der Waals surface area contributed by atoms with Crippen LogP contribution in [0.5, 0.6) is 0 Å². The summed E-state index contributed by atoms with van der Waals surface area (Å²) in [5, 5.41) is 13.2. The number of ether oxygens (including phenoxy) is 1. The molecule has 1 aliphatic carbocycles. The monoisotopic (exact) mass is 583 g/mol. The second kappa shape index (κ2) is 10.9. The predicted octanol–water partition coefficient (Wildman–Crippen LogP) is 3.34. The normalized spacial score (nSPS) is 21.3. The average Bonchev–Trinajstić information content (AvgIpc) is 3.53. The van der Waals surface area contributed by atoms with Crippen LogP contribution in [0.25, 0.3) is 11.0 Å². The van der Waals surface area contributed by atoms with Crippen LogP contribution in [-0.2, 0) is 14.8 Å². The van der Waals surface area contributed by atoms with Crippen molar-refractivity contribution in [1.82, 2.24) is 9.71 Å². The van der Waals surface area contributed by atoms with E-state index in [1.807, 2.05) is 13.0 Å². The number of carbonyl (C=O) groups excluding carboxylic acids is 1. The summed E-state index contributed by atoms with van der Waals surface area (Å²) in [6.45, 7) is 6.67. The first-order valence-electron chi connectivity index (χ1n) is 14.2. The Hall–Kier alpha value is -3.19. The van der Waals surface area contributed by atoms with Crippen LogP contribution in [-0.4, -0.2) is 76.0 Å². The largest absolute Gasteiger partial charge is 0.460 e. The first-order valence-corrected chi connectivity index (χ1v) is 15.7. The number of hydrogen-bond donors (Lipinski definition) is 3. The highest BCUT2D eigenvalue weighted by atomic mass is 32.2. The Balaban J connectivity index is 1.32. The Labute approximate surface area is 239 Å². The number of nitrogens with one attached hydrogen (secondary N) is 2. The lowest BCUT2D eigenvalue weighted by atomic mass is 9.93. The zero-order chi connectivity index (χ0) is 28.8. The fourth-order valence-electron chi connectivity index (χ4n) is 5.83. The van der Waals surface area contributed by atoms with E-state index in [0.717, 1.165) is 31.3 Å². The number of pyridine rings is 1. The van der Waals surface area contributed by atoms with E-state index in [4.69, 9.17) is 14.1 Å². The van der Waals surface area contributed by atoms with Crippen LogP contribution in [0.3, 0.4) is 0 Å². The van der Waals surface area contributed by atoms with Gasteiger partial charge in [-0.1, -0.05) is 0 Å². The van der Waals surface area contributed by atoms with E-state index < -0.39 is 16.1 Å². The molecule has 0 unspecified atom stereocenters. The molecule has 220 valence electrons. The van der Waals surface area contributed by atoms with Crippen LogP contribution in [0.1, 0.15) is 49.9 Å². The third kappa shape index (κ3) is 5.78. The number of carbonyl (C=O) groups is 1. The number of benzene rings is 1. The van der Waals surface area contributed by atoms with E-state index in [0.29, 0.717) is 53.6 Å². The molecule has 2 saturated heterocycles. The zero-order valence-electron chi connectivity index (χ0n) is 23.4. The van der Waals surface area contributed by atoms with Crippen LogP contribution in [0.15, 0.2) is 45.9 Å². The van der Waals surface area contributed by atoms with Gasteiger partial charge in [0, 0.05) is 37.6 Å². The Kier molecular flexibility index (Phi) is 7.43. The molecular weight excluding hydrogens is 546 g/mol. The number of sulfonamides is 1. The lowest BCUT2D eigenvalue weighted by molar-refractivity contribution is 0.0530. The number of amides is 1. The molecule has 3 aromatic rings. The van der Waals surface area contributed by atoms with Crippen molar-refractivity contribution in [2.24, 2.45) is 5.41 Å². The SMILES string of the molecule is C[C@H](CO)NS(=O)(=O)c1ccc(C(=O)Nc2cc3ccoc3c(N3CCO[C@H](C)C3)n2)c(N2CCC3(CC2)CC3)c1. The highest BCUT2D eigenvalue weighted by Crippen LogP contribution is 2.54. The second-order valence-corrected chi connectivity index (χ2v) is 13.3. The number of hydrogen-bond acceptors (Lipinski definition) is 9. The molecule has 1 aromatic carbocycles. The van der Waals surface area contributed by atoms with Crippen molar-refractivity contribution >= 4 is 44.2 Å². The van der Waals surface area contributed by atoms with Gasteiger partial charge in [-0.25, -0.2) is 18.1 Å². The quantitative estimate of drug-likeness (QED) is 0.365. The number of piperidine rings is 1. The summed E-state index contributed by atoms with van der Waals surface area (Å²) in [6, 6.07) is 7.55. The maximum atomic E-state index is 13.8. The van der Waals surface area contributed by atoms with Gasteiger partial charge in [-0.05, 0) is 75.3 Å². The molecule has 1 spiro atoms. The molecule has 3 fully saturated rings. The van der Waals surface area contributed by atoms with Crippen LogP contribution >= 0.6 is 0 Å². The van der Waals surface area contributed by atoms with Crippen molar-refractivity contribution in [3.8, 4) is 0 Å². The highest BCUT2D eigenvalue weighted by molar-refractivity contribution is 7.89. The second-order valence-electron chi connectivity index (χ2n) is 11.6. The summed E-state index contributed by atoms with van der Waals surface area (Å²) in [4.78, 5) is 22.8. The average molecular weight is 584 g/mol. The topological polar surface area (TPSA) is 137 Å². The minimum absolute atomic E-state index is 0.0420. The summed E-state index contributed by atoms with van der Waals surface area (Å²) < 4.78 is 40.0. The van der Waals surface area contributed by atoms with Gasteiger partial charge in [0.05, 0.1) is 41.7 Å². The van der Waals surface area contributed by atoms with Crippen LogP contribution in [0.2, 0.25) is 0 Å². The Bertz CT molecular complexity index is 1540. The van der Waals surface area contributed by atoms with Crippen molar-refractivity contribution in [2.45, 2.75) is 56.6 Å². The maximum Gasteiger partial charge on any atom is 0.258 e. The molecule has 2 atom stereocenters. The smallest absolute Gasteiger partial charge is 0.258 e. The Morgan fingerprint density at radius 3 is 2.63 bits per heavy atom. The van der Waals surface area contributed by atoms with Crippen molar-refractivity contribution < 1.29 is 27.5 Å². The molecule has 1 saturated carbocycles. The Morgan fingerprint density at radius 1 is 1.15 bits per heavy atom. The first kappa shape index (κ1) is 28.0. The minimum Gasteiger partial charge on any atom is -0.460 e. The number of rotatable bonds is 8. The van der Waals surface area contributed by atoms with Gasteiger partial charge < -0.3 is 29.4 Å². The molecule has 0 bridgehead atoms. The highest BCUT2D eigenvalue weighted by Gasteiger charge is 2.44. The number of furan rings is 1. The molecule has 2 aliphatic heterocycles. The number of anilines is 3. The molecule has 3 N–H and O–H groups in total. The molecule has 12 heteroatoms. The summed E-state index contributed by atoms with van der Waals surface area (Å²) >= 11 is 0. The van der Waals surface area contributed by atoms with E-state index in [1.54, 1.807) is 31.4 Å². The van der Waals surface area contributed by atoms with Crippen molar-refractivity contribution in [2.75, 3.05) is 54.5 Å². The number of aliphatic hydroxyl groups excluding tert-OH is 1. The summed E-state index contributed by atoms with van der Waals surface area (Å²) in [7, 11) is -3.89. The van der Waals surface area contributed by atoms with Crippen molar-refractivity contribution in [3.05, 3.63) is 42.2 Å². The van der Waals surface area contributed by atoms with Crippen molar-refractivity contribution in [1.29, 1.82) is 0 Å².